The van der Waals surface area contributed by atoms with E-state index in [2.05, 4.69) is 5.32 Å². The third-order valence-corrected chi connectivity index (χ3v) is 4.62. The maximum absolute atomic E-state index is 12.3. The second-order valence-corrected chi connectivity index (χ2v) is 6.33. The van der Waals surface area contributed by atoms with E-state index in [1.54, 1.807) is 14.2 Å². The fourth-order valence-corrected chi connectivity index (χ4v) is 3.29. The summed E-state index contributed by atoms with van der Waals surface area (Å²) in [4.78, 5) is 12.3. The van der Waals surface area contributed by atoms with Crippen LogP contribution >= 0.6 is 0 Å². The highest BCUT2D eigenvalue weighted by Crippen LogP contribution is 2.39. The zero-order valence-corrected chi connectivity index (χ0v) is 15.3. The predicted octanol–water partition coefficient (Wildman–Crippen LogP) is 3.67. The topological polar surface area (TPSA) is 56.8 Å². The van der Waals surface area contributed by atoms with Crippen molar-refractivity contribution in [1.82, 2.24) is 5.32 Å². The van der Waals surface area contributed by atoms with Crippen LogP contribution in [0.2, 0.25) is 0 Å². The number of carbonyl (C=O) groups is 1. The first-order valence-corrected chi connectivity index (χ1v) is 8.93. The van der Waals surface area contributed by atoms with Gasteiger partial charge in [-0.1, -0.05) is 18.2 Å². The molecule has 5 heteroatoms. The van der Waals surface area contributed by atoms with Gasteiger partial charge >= 0.3 is 0 Å². The molecule has 0 spiro atoms. The Labute approximate surface area is 154 Å². The van der Waals surface area contributed by atoms with Gasteiger partial charge in [-0.3, -0.25) is 4.79 Å². The molecule has 5 nitrogen and oxygen atoms in total. The Morgan fingerprint density at radius 2 is 1.85 bits per heavy atom. The fourth-order valence-electron chi connectivity index (χ4n) is 3.29. The van der Waals surface area contributed by atoms with Crippen LogP contribution in [-0.4, -0.2) is 26.7 Å². The fraction of sp³-hybridized carbons (Fsp3) is 0.381. The van der Waals surface area contributed by atoms with Crippen molar-refractivity contribution in [2.24, 2.45) is 0 Å². The molecule has 0 aromatic heterocycles. The second kappa shape index (κ2) is 8.61. The Morgan fingerprint density at radius 1 is 1.12 bits per heavy atom. The van der Waals surface area contributed by atoms with E-state index in [0.717, 1.165) is 29.9 Å². The Kier molecular flexibility index (Phi) is 6.00. The van der Waals surface area contributed by atoms with Crippen molar-refractivity contribution < 1.29 is 19.0 Å². The van der Waals surface area contributed by atoms with Crippen LogP contribution in [0.5, 0.6) is 17.2 Å². The average Bonchev–Trinajstić information content (AvgIpc) is 3.06. The summed E-state index contributed by atoms with van der Waals surface area (Å²) in [5.74, 6) is 2.31. The van der Waals surface area contributed by atoms with E-state index in [-0.39, 0.29) is 11.9 Å². The van der Waals surface area contributed by atoms with E-state index in [9.17, 15) is 4.79 Å². The van der Waals surface area contributed by atoms with E-state index in [4.69, 9.17) is 14.2 Å². The third-order valence-electron chi connectivity index (χ3n) is 4.62. The number of benzene rings is 2. The van der Waals surface area contributed by atoms with Crippen molar-refractivity contribution >= 4 is 5.91 Å². The number of nitrogens with one attached hydrogen (secondary N) is 1. The molecular weight excluding hydrogens is 330 g/mol. The zero-order valence-electron chi connectivity index (χ0n) is 15.3. The molecule has 0 heterocycles. The van der Waals surface area contributed by atoms with Crippen LogP contribution in [0.4, 0.5) is 0 Å². The predicted molar refractivity (Wildman–Crippen MR) is 99.9 cm³/mol. The highest BCUT2D eigenvalue weighted by molar-refractivity contribution is 5.76. The minimum atomic E-state index is 0.0346. The van der Waals surface area contributed by atoms with Crippen molar-refractivity contribution in [3.05, 3.63) is 53.6 Å². The molecule has 0 saturated heterocycles. The van der Waals surface area contributed by atoms with Gasteiger partial charge in [-0.15, -0.1) is 0 Å². The first kappa shape index (κ1) is 18.1. The summed E-state index contributed by atoms with van der Waals surface area (Å²) in [5.41, 5.74) is 2.33. The Balaban J connectivity index is 1.50. The summed E-state index contributed by atoms with van der Waals surface area (Å²) in [7, 11) is 3.26. The van der Waals surface area contributed by atoms with Gasteiger partial charge < -0.3 is 19.5 Å². The van der Waals surface area contributed by atoms with Crippen LogP contribution < -0.4 is 19.5 Å². The smallest absolute Gasteiger partial charge is 0.220 e. The van der Waals surface area contributed by atoms with Crippen molar-refractivity contribution in [2.45, 2.75) is 31.7 Å². The van der Waals surface area contributed by atoms with E-state index in [0.29, 0.717) is 25.2 Å². The molecule has 1 amide bonds. The summed E-state index contributed by atoms with van der Waals surface area (Å²) in [6.45, 7) is 0.531. The first-order valence-electron chi connectivity index (χ1n) is 8.93. The Hall–Kier alpha value is -2.69. The van der Waals surface area contributed by atoms with Gasteiger partial charge in [0, 0.05) is 6.42 Å². The number of amides is 1. The molecule has 1 unspecified atom stereocenters. The number of rotatable bonds is 8. The molecule has 0 saturated carbocycles. The number of aryl methyl sites for hydroxylation is 1. The molecule has 1 N–H and O–H groups in total. The van der Waals surface area contributed by atoms with Gasteiger partial charge in [0.25, 0.3) is 0 Å². The molecule has 138 valence electrons. The van der Waals surface area contributed by atoms with Crippen LogP contribution in [0.25, 0.3) is 0 Å². The lowest BCUT2D eigenvalue weighted by Crippen LogP contribution is -2.27. The van der Waals surface area contributed by atoms with Crippen molar-refractivity contribution in [3.63, 3.8) is 0 Å². The molecule has 1 aliphatic carbocycles. The standard InChI is InChI=1S/C21H25NO4/c1-24-19-13-15-10-11-18(17(15)14-20(19)25-2)22-21(23)9-6-12-26-16-7-4-3-5-8-16/h3-5,7-8,13-14,18H,6,9-12H2,1-2H3,(H,22,23). The van der Waals surface area contributed by atoms with E-state index >= 15 is 0 Å². The number of hydrogen-bond donors (Lipinski definition) is 1. The molecule has 0 aliphatic heterocycles. The van der Waals surface area contributed by atoms with Crippen LogP contribution in [-0.2, 0) is 11.2 Å². The monoisotopic (exact) mass is 355 g/mol. The third kappa shape index (κ3) is 4.28. The molecular formula is C21H25NO4. The Morgan fingerprint density at radius 3 is 2.58 bits per heavy atom. The van der Waals surface area contributed by atoms with Crippen LogP contribution in [0.3, 0.4) is 0 Å². The number of fused-ring (bicyclic) bond motifs is 1. The average molecular weight is 355 g/mol. The molecule has 2 aromatic carbocycles. The van der Waals surface area contributed by atoms with Gasteiger partial charge in [0.2, 0.25) is 5.91 Å². The maximum atomic E-state index is 12.3. The number of hydrogen-bond acceptors (Lipinski definition) is 4. The highest BCUT2D eigenvalue weighted by Gasteiger charge is 2.26. The summed E-state index contributed by atoms with van der Waals surface area (Å²) in [6.07, 6.45) is 2.97. The molecule has 1 atom stereocenters. The van der Waals surface area contributed by atoms with E-state index < -0.39 is 0 Å². The molecule has 0 bridgehead atoms. The summed E-state index contributed by atoms with van der Waals surface area (Å²) in [6, 6.07) is 13.7. The largest absolute Gasteiger partial charge is 0.494 e. The van der Waals surface area contributed by atoms with Gasteiger partial charge in [-0.25, -0.2) is 0 Å². The molecule has 1 aliphatic rings. The van der Waals surface area contributed by atoms with Gasteiger partial charge in [0.1, 0.15) is 5.75 Å². The zero-order chi connectivity index (χ0) is 18.4. The molecule has 0 radical (unpaired) electrons. The summed E-state index contributed by atoms with van der Waals surface area (Å²) < 4.78 is 16.4. The lowest BCUT2D eigenvalue weighted by molar-refractivity contribution is -0.122. The number of carbonyl (C=O) groups excluding carboxylic acids is 1. The number of ether oxygens (including phenoxy) is 3. The maximum Gasteiger partial charge on any atom is 0.220 e. The molecule has 2 aromatic rings. The lowest BCUT2D eigenvalue weighted by Gasteiger charge is -2.16. The first-order chi connectivity index (χ1) is 12.7. The van der Waals surface area contributed by atoms with Crippen molar-refractivity contribution in [1.29, 1.82) is 0 Å². The van der Waals surface area contributed by atoms with Gasteiger partial charge in [-0.2, -0.15) is 0 Å². The summed E-state index contributed by atoms with van der Waals surface area (Å²) in [5, 5.41) is 3.13. The van der Waals surface area contributed by atoms with Crippen LogP contribution in [0, 0.1) is 0 Å². The van der Waals surface area contributed by atoms with Gasteiger partial charge in [0.05, 0.1) is 26.9 Å². The minimum absolute atomic E-state index is 0.0346. The molecule has 3 rings (SSSR count). The minimum Gasteiger partial charge on any atom is -0.494 e. The lowest BCUT2D eigenvalue weighted by atomic mass is 10.1. The SMILES string of the molecule is COc1cc2c(cc1OC)C(NC(=O)CCCOc1ccccc1)CC2. The molecule has 0 fully saturated rings. The van der Waals surface area contributed by atoms with E-state index in [1.165, 1.54) is 5.56 Å². The van der Waals surface area contributed by atoms with Gasteiger partial charge in [-0.05, 0) is 54.7 Å². The summed E-state index contributed by atoms with van der Waals surface area (Å²) >= 11 is 0. The second-order valence-electron chi connectivity index (χ2n) is 6.33. The normalized spacial score (nSPS) is 15.2. The van der Waals surface area contributed by atoms with Crippen molar-refractivity contribution in [2.75, 3.05) is 20.8 Å². The number of para-hydroxylation sites is 1. The highest BCUT2D eigenvalue weighted by atomic mass is 16.5. The quantitative estimate of drug-likeness (QED) is 0.734. The van der Waals surface area contributed by atoms with Crippen molar-refractivity contribution in [3.8, 4) is 17.2 Å². The van der Waals surface area contributed by atoms with Crippen LogP contribution in [0.1, 0.15) is 36.4 Å². The van der Waals surface area contributed by atoms with Crippen LogP contribution in [0.15, 0.2) is 42.5 Å². The molecule has 26 heavy (non-hydrogen) atoms. The number of methoxy groups -OCH3 is 2. The van der Waals surface area contributed by atoms with Gasteiger partial charge in [0.15, 0.2) is 11.5 Å². The van der Waals surface area contributed by atoms with E-state index in [1.807, 2.05) is 42.5 Å². The Bertz CT molecular complexity index is 745.